The number of aromatic nitrogens is 2. The van der Waals surface area contributed by atoms with E-state index < -0.39 is 5.60 Å². The second kappa shape index (κ2) is 7.19. The number of nitrogens with zero attached hydrogens (tertiary/aromatic N) is 2. The van der Waals surface area contributed by atoms with Gasteiger partial charge in [0.25, 0.3) is 5.91 Å². The van der Waals surface area contributed by atoms with E-state index in [0.717, 1.165) is 22.6 Å². The average molecular weight is 331 g/mol. The molecule has 0 aliphatic carbocycles. The third-order valence-corrected chi connectivity index (χ3v) is 5.18. The quantitative estimate of drug-likeness (QED) is 0.877. The predicted molar refractivity (Wildman–Crippen MR) is 91.1 cm³/mol. The molecule has 1 aromatic carbocycles. The molecule has 1 aliphatic rings. The van der Waals surface area contributed by atoms with Crippen LogP contribution in [0.1, 0.15) is 24.0 Å². The number of amides is 1. The molecule has 122 valence electrons. The molecule has 0 spiro atoms. The minimum Gasteiger partial charge on any atom is -0.380 e. The van der Waals surface area contributed by atoms with E-state index in [1.165, 1.54) is 0 Å². The molecule has 1 amide bonds. The van der Waals surface area contributed by atoms with Crippen LogP contribution in [0.2, 0.25) is 0 Å². The van der Waals surface area contributed by atoms with Crippen LogP contribution in [0.5, 0.6) is 0 Å². The van der Waals surface area contributed by atoms with Crippen LogP contribution in [0.3, 0.4) is 0 Å². The van der Waals surface area contributed by atoms with Gasteiger partial charge in [0, 0.05) is 18.9 Å². The van der Waals surface area contributed by atoms with Gasteiger partial charge in [-0.25, -0.2) is 0 Å². The van der Waals surface area contributed by atoms with Crippen molar-refractivity contribution in [3.05, 3.63) is 53.9 Å². The van der Waals surface area contributed by atoms with Gasteiger partial charge in [0.15, 0.2) is 0 Å². The number of carbonyl (C=O) groups is 1. The van der Waals surface area contributed by atoms with Crippen LogP contribution in [0.4, 0.5) is 0 Å². The molecule has 0 saturated carbocycles. The van der Waals surface area contributed by atoms with Crippen molar-refractivity contribution in [1.29, 1.82) is 0 Å². The van der Waals surface area contributed by atoms with Gasteiger partial charge in [0.1, 0.15) is 5.60 Å². The lowest BCUT2D eigenvalue weighted by Gasteiger charge is -2.30. The molecule has 1 fully saturated rings. The van der Waals surface area contributed by atoms with Crippen LogP contribution in [0, 0.1) is 0 Å². The molecule has 0 unspecified atom stereocenters. The van der Waals surface area contributed by atoms with Gasteiger partial charge in [-0.05, 0) is 41.5 Å². The average Bonchev–Trinajstić information content (AvgIpc) is 3.07. The maximum Gasteiger partial charge on any atom is 0.252 e. The van der Waals surface area contributed by atoms with Crippen molar-refractivity contribution in [3.63, 3.8) is 0 Å². The highest BCUT2D eigenvalue weighted by atomic mass is 32.2. The number of hydrogen-bond donors (Lipinski definition) is 2. The Hall–Kier alpha value is -1.79. The Bertz CT molecular complexity index is 652. The highest BCUT2D eigenvalue weighted by Crippen LogP contribution is 2.27. The lowest BCUT2D eigenvalue weighted by molar-refractivity contribution is -0.140. The van der Waals surface area contributed by atoms with Gasteiger partial charge >= 0.3 is 0 Å². The zero-order valence-electron chi connectivity index (χ0n) is 12.9. The number of nitrogens with one attached hydrogen (secondary N) is 1. The molecule has 5 nitrogen and oxygen atoms in total. The van der Waals surface area contributed by atoms with Crippen molar-refractivity contribution >= 4 is 17.7 Å². The molecule has 23 heavy (non-hydrogen) atoms. The maximum absolute atomic E-state index is 12.3. The molecule has 0 radical (unpaired) electrons. The van der Waals surface area contributed by atoms with Gasteiger partial charge in [-0.2, -0.15) is 16.9 Å². The molecule has 1 aliphatic heterocycles. The number of aliphatic hydroxyl groups is 1. The van der Waals surface area contributed by atoms with E-state index in [-0.39, 0.29) is 5.91 Å². The summed E-state index contributed by atoms with van der Waals surface area (Å²) in [6.07, 6.45) is 4.72. The zero-order valence-corrected chi connectivity index (χ0v) is 13.8. The Labute approximate surface area is 140 Å². The van der Waals surface area contributed by atoms with E-state index in [0.29, 0.717) is 25.9 Å². The van der Waals surface area contributed by atoms with E-state index in [2.05, 4.69) is 10.4 Å². The highest BCUT2D eigenvalue weighted by Gasteiger charge is 2.37. The maximum atomic E-state index is 12.3. The van der Waals surface area contributed by atoms with Crippen molar-refractivity contribution in [2.75, 3.05) is 11.5 Å². The molecule has 1 aromatic heterocycles. The van der Waals surface area contributed by atoms with Gasteiger partial charge in [-0.15, -0.1) is 0 Å². The fraction of sp³-hybridized carbons (Fsp3) is 0.412. The summed E-state index contributed by atoms with van der Waals surface area (Å²) in [6.45, 7) is 1.09. The molecule has 3 rings (SSSR count). The second-order valence-corrected chi connectivity index (χ2v) is 7.02. The Balaban J connectivity index is 1.65. The summed E-state index contributed by atoms with van der Waals surface area (Å²) in [5.41, 5.74) is 0.954. The third-order valence-electron chi connectivity index (χ3n) is 4.19. The van der Waals surface area contributed by atoms with Crippen LogP contribution in [-0.4, -0.2) is 37.9 Å². The van der Waals surface area contributed by atoms with Crippen molar-refractivity contribution in [3.8, 4) is 0 Å². The fourth-order valence-electron chi connectivity index (χ4n) is 2.73. The molecule has 0 bridgehead atoms. The van der Waals surface area contributed by atoms with E-state index >= 15 is 0 Å². The first-order valence-electron chi connectivity index (χ1n) is 7.80. The minimum absolute atomic E-state index is 0.258. The van der Waals surface area contributed by atoms with Gasteiger partial charge < -0.3 is 10.4 Å². The van der Waals surface area contributed by atoms with E-state index in [1.807, 2.05) is 41.2 Å². The fourth-order valence-corrected chi connectivity index (χ4v) is 3.90. The summed E-state index contributed by atoms with van der Waals surface area (Å²) in [4.78, 5) is 12.3. The summed E-state index contributed by atoms with van der Waals surface area (Å²) in [5, 5.41) is 17.6. The van der Waals surface area contributed by atoms with E-state index in [1.54, 1.807) is 18.0 Å². The third kappa shape index (κ3) is 3.95. The summed E-state index contributed by atoms with van der Waals surface area (Å²) < 4.78 is 1.85. The number of thioether (sulfide) groups is 1. The summed E-state index contributed by atoms with van der Waals surface area (Å²) in [6, 6.07) is 9.87. The monoisotopic (exact) mass is 331 g/mol. The van der Waals surface area contributed by atoms with Crippen molar-refractivity contribution in [1.82, 2.24) is 15.1 Å². The predicted octanol–water partition coefficient (Wildman–Crippen LogP) is 1.81. The first kappa shape index (κ1) is 16.1. The molecule has 1 saturated heterocycles. The van der Waals surface area contributed by atoms with Gasteiger partial charge in [0.2, 0.25) is 0 Å². The molecular formula is C17H21N3O2S. The van der Waals surface area contributed by atoms with Crippen LogP contribution in [0.15, 0.2) is 42.7 Å². The number of benzene rings is 1. The summed E-state index contributed by atoms with van der Waals surface area (Å²) in [5.74, 6) is 1.41. The molecule has 6 heteroatoms. The van der Waals surface area contributed by atoms with Crippen molar-refractivity contribution in [2.24, 2.45) is 0 Å². The van der Waals surface area contributed by atoms with Crippen LogP contribution in [0.25, 0.3) is 0 Å². The smallest absolute Gasteiger partial charge is 0.252 e. The van der Waals surface area contributed by atoms with Crippen LogP contribution in [-0.2, 0) is 17.9 Å². The highest BCUT2D eigenvalue weighted by molar-refractivity contribution is 7.99. The lowest BCUT2D eigenvalue weighted by atomic mass is 9.95. The van der Waals surface area contributed by atoms with Gasteiger partial charge in [-0.3, -0.25) is 9.48 Å². The normalized spacial score (nSPS) is 16.9. The standard InChI is InChI=1S/C17H21N3O2S/c21-16(17(22)6-10-23-11-7-17)18-12-14-4-1-2-5-15(14)13-20-9-3-8-19-20/h1-5,8-9,22H,6-7,10-13H2,(H,18,21). The van der Waals surface area contributed by atoms with Gasteiger partial charge in [0.05, 0.1) is 6.54 Å². The largest absolute Gasteiger partial charge is 0.380 e. The van der Waals surface area contributed by atoms with Crippen LogP contribution < -0.4 is 5.32 Å². The molecular weight excluding hydrogens is 310 g/mol. The SMILES string of the molecule is O=C(NCc1ccccc1Cn1cccn1)C1(O)CCSCC1. The first-order chi connectivity index (χ1) is 11.2. The molecule has 2 N–H and O–H groups in total. The summed E-state index contributed by atoms with van der Waals surface area (Å²) >= 11 is 1.78. The summed E-state index contributed by atoms with van der Waals surface area (Å²) in [7, 11) is 0. The number of rotatable bonds is 5. The van der Waals surface area contributed by atoms with Crippen LogP contribution >= 0.6 is 11.8 Å². The Kier molecular flexibility index (Phi) is 5.03. The second-order valence-electron chi connectivity index (χ2n) is 5.80. The van der Waals surface area contributed by atoms with Crippen molar-refractivity contribution in [2.45, 2.75) is 31.5 Å². The minimum atomic E-state index is -1.21. The van der Waals surface area contributed by atoms with Gasteiger partial charge in [-0.1, -0.05) is 24.3 Å². The molecule has 0 atom stereocenters. The zero-order chi connectivity index (χ0) is 16.1. The van der Waals surface area contributed by atoms with E-state index in [4.69, 9.17) is 0 Å². The molecule has 2 heterocycles. The molecule has 2 aromatic rings. The lowest BCUT2D eigenvalue weighted by Crippen LogP contribution is -2.48. The van der Waals surface area contributed by atoms with Crippen molar-refractivity contribution < 1.29 is 9.90 Å². The topological polar surface area (TPSA) is 67.2 Å². The number of carbonyl (C=O) groups excluding carboxylic acids is 1. The first-order valence-corrected chi connectivity index (χ1v) is 8.95. The number of hydrogen-bond acceptors (Lipinski definition) is 4. The Morgan fingerprint density at radius 3 is 2.70 bits per heavy atom. The van der Waals surface area contributed by atoms with E-state index in [9.17, 15) is 9.90 Å². The Morgan fingerprint density at radius 2 is 2.00 bits per heavy atom. The Morgan fingerprint density at radius 1 is 1.26 bits per heavy atom.